The summed E-state index contributed by atoms with van der Waals surface area (Å²) in [6.07, 6.45) is 7.59. The summed E-state index contributed by atoms with van der Waals surface area (Å²) in [6.45, 7) is 0. The van der Waals surface area contributed by atoms with Gasteiger partial charge in [-0.1, -0.05) is 31.0 Å². The number of hydrazone groups is 1. The number of benzene rings is 1. The second kappa shape index (κ2) is 8.95. The normalized spacial score (nSPS) is 36.0. The Morgan fingerprint density at radius 2 is 1.50 bits per heavy atom. The molecule has 1 aromatic rings. The van der Waals surface area contributed by atoms with Crippen molar-refractivity contribution in [3.63, 3.8) is 0 Å². The highest BCUT2D eigenvalue weighted by molar-refractivity contribution is 5.85. The van der Waals surface area contributed by atoms with Gasteiger partial charge in [0.1, 0.15) is 24.1 Å². The number of carbonyl (C=O) groups is 1. The van der Waals surface area contributed by atoms with Crippen LogP contribution in [0.1, 0.15) is 69.8 Å². The van der Waals surface area contributed by atoms with Crippen LogP contribution < -0.4 is 5.43 Å². The van der Waals surface area contributed by atoms with Crippen LogP contribution in [-0.4, -0.2) is 54.4 Å². The van der Waals surface area contributed by atoms with Gasteiger partial charge in [0, 0.05) is 31.2 Å². The fourth-order valence-electron chi connectivity index (χ4n) is 5.98. The summed E-state index contributed by atoms with van der Waals surface area (Å²) in [5.41, 5.74) is 2.77. The Morgan fingerprint density at radius 1 is 0.882 bits per heavy atom. The van der Waals surface area contributed by atoms with Crippen molar-refractivity contribution in [1.29, 1.82) is 0 Å². The molecule has 0 bridgehead atoms. The topological polar surface area (TPSA) is 87.6 Å². The van der Waals surface area contributed by atoms with Gasteiger partial charge in [-0.3, -0.25) is 4.79 Å². The minimum absolute atomic E-state index is 0.277. The van der Waals surface area contributed by atoms with Gasteiger partial charge in [-0.15, -0.1) is 0 Å². The largest absolute Gasteiger partial charge is 0.341 e. The number of halogens is 1. The Morgan fingerprint density at radius 3 is 2.21 bits per heavy atom. The van der Waals surface area contributed by atoms with Crippen LogP contribution in [0.15, 0.2) is 29.4 Å². The van der Waals surface area contributed by atoms with Crippen molar-refractivity contribution in [3.8, 4) is 0 Å². The highest BCUT2D eigenvalue weighted by Gasteiger charge is 2.65. The number of ether oxygens (including phenoxy) is 5. The van der Waals surface area contributed by atoms with Crippen LogP contribution in [0.25, 0.3) is 0 Å². The van der Waals surface area contributed by atoms with E-state index in [0.717, 1.165) is 64.2 Å². The van der Waals surface area contributed by atoms with Crippen LogP contribution in [0.2, 0.25) is 0 Å². The van der Waals surface area contributed by atoms with Gasteiger partial charge in [-0.05, 0) is 31.7 Å². The Kier molecular flexibility index (Phi) is 5.93. The third-order valence-corrected chi connectivity index (χ3v) is 7.65. The molecule has 5 aliphatic rings. The summed E-state index contributed by atoms with van der Waals surface area (Å²) in [4.78, 5) is 13.2. The average molecular weight is 475 g/mol. The van der Waals surface area contributed by atoms with Crippen molar-refractivity contribution in [1.82, 2.24) is 5.43 Å². The molecule has 2 saturated carbocycles. The molecule has 1 N–H and O–H groups in total. The van der Waals surface area contributed by atoms with E-state index in [0.29, 0.717) is 0 Å². The molecule has 34 heavy (non-hydrogen) atoms. The molecule has 2 spiro atoms. The highest BCUT2D eigenvalue weighted by Crippen LogP contribution is 2.50. The van der Waals surface area contributed by atoms with E-state index < -0.39 is 54.0 Å². The summed E-state index contributed by atoms with van der Waals surface area (Å²) in [5, 5.41) is 3.95. The van der Waals surface area contributed by atoms with Crippen LogP contribution in [0.4, 0.5) is 4.39 Å². The van der Waals surface area contributed by atoms with Gasteiger partial charge >= 0.3 is 0 Å². The third kappa shape index (κ3) is 4.07. The van der Waals surface area contributed by atoms with Crippen LogP contribution in [0.5, 0.6) is 0 Å². The molecule has 5 atom stereocenters. The molecule has 0 aromatic heterocycles. The average Bonchev–Trinajstić information content (AvgIpc) is 3.38. The van der Waals surface area contributed by atoms with Crippen LogP contribution in [-0.2, 0) is 28.5 Å². The van der Waals surface area contributed by atoms with Crippen LogP contribution >= 0.6 is 0 Å². The minimum atomic E-state index is -0.979. The number of rotatable bonds is 3. The Balaban J connectivity index is 1.22. The van der Waals surface area contributed by atoms with Gasteiger partial charge in [0.25, 0.3) is 5.91 Å². The molecule has 6 rings (SSSR count). The predicted molar refractivity (Wildman–Crippen MR) is 118 cm³/mol. The van der Waals surface area contributed by atoms with Gasteiger partial charge in [0.15, 0.2) is 24.0 Å². The zero-order valence-electron chi connectivity index (χ0n) is 19.1. The molecule has 3 heterocycles. The summed E-state index contributed by atoms with van der Waals surface area (Å²) in [6, 6.07) is 6.22. The standard InChI is InChI=1S/C25H31FN2O6/c26-17-10-4-3-9-16(17)15-27-28-22(29)20-18-19(32-24(31-18)11-5-1-6-12-24)21-23(30-20)34-25(33-21)13-7-2-8-14-25/h3-4,9-10,15,18-21,23H,1-2,5-8,11-14H2,(H,28,29)/b27-15-/t18-,19+,20+,21+,23+/m0/s1. The lowest BCUT2D eigenvalue weighted by Gasteiger charge is -2.36. The van der Waals surface area contributed by atoms with E-state index in [1.165, 1.54) is 12.3 Å². The van der Waals surface area contributed by atoms with E-state index in [9.17, 15) is 9.18 Å². The van der Waals surface area contributed by atoms with Crippen molar-refractivity contribution in [2.24, 2.45) is 5.10 Å². The maximum atomic E-state index is 13.9. The second-order valence-electron chi connectivity index (χ2n) is 9.99. The lowest BCUT2D eigenvalue weighted by Crippen LogP contribution is -2.59. The Bertz CT molecular complexity index is 945. The Hall–Kier alpha value is -1.91. The lowest BCUT2D eigenvalue weighted by atomic mass is 9.94. The summed E-state index contributed by atoms with van der Waals surface area (Å²) < 4.78 is 45.8. The minimum Gasteiger partial charge on any atom is -0.341 e. The fourth-order valence-corrected chi connectivity index (χ4v) is 5.98. The maximum absolute atomic E-state index is 13.9. The zero-order valence-corrected chi connectivity index (χ0v) is 19.1. The number of hydrogen-bond donors (Lipinski definition) is 1. The van der Waals surface area contributed by atoms with Crippen molar-refractivity contribution in [2.75, 3.05) is 0 Å². The summed E-state index contributed by atoms with van der Waals surface area (Å²) >= 11 is 0. The maximum Gasteiger partial charge on any atom is 0.272 e. The quantitative estimate of drug-likeness (QED) is 0.533. The van der Waals surface area contributed by atoms with Gasteiger partial charge in [-0.25, -0.2) is 9.82 Å². The first kappa shape index (κ1) is 22.5. The molecule has 2 aliphatic carbocycles. The van der Waals surface area contributed by atoms with Crippen molar-refractivity contribution in [3.05, 3.63) is 35.6 Å². The molecule has 184 valence electrons. The number of carbonyl (C=O) groups excluding carboxylic acids is 1. The SMILES string of the molecule is O=C(N/N=C\c1ccccc1F)[C@@H]1O[C@@H]2OC3(CCCCC3)O[C@@H]2[C@@H]2OC3(CCCCC3)O[C@@H]21. The first-order valence-corrected chi connectivity index (χ1v) is 12.5. The smallest absolute Gasteiger partial charge is 0.272 e. The molecule has 3 saturated heterocycles. The van der Waals surface area contributed by atoms with Gasteiger partial charge < -0.3 is 23.7 Å². The highest BCUT2D eigenvalue weighted by atomic mass is 19.1. The number of amides is 1. The van der Waals surface area contributed by atoms with E-state index >= 15 is 0 Å². The number of hydrogen-bond acceptors (Lipinski definition) is 7. The first-order chi connectivity index (χ1) is 16.6. The van der Waals surface area contributed by atoms with E-state index in [2.05, 4.69) is 10.5 Å². The molecule has 5 fully saturated rings. The number of fused-ring (bicyclic) bond motifs is 3. The molecule has 1 aromatic carbocycles. The monoisotopic (exact) mass is 474 g/mol. The first-order valence-electron chi connectivity index (χ1n) is 12.5. The van der Waals surface area contributed by atoms with E-state index in [-0.39, 0.29) is 5.56 Å². The molecule has 0 unspecified atom stereocenters. The molecule has 1 amide bonds. The van der Waals surface area contributed by atoms with Crippen molar-refractivity contribution >= 4 is 12.1 Å². The second-order valence-corrected chi connectivity index (χ2v) is 9.99. The lowest BCUT2D eigenvalue weighted by molar-refractivity contribution is -0.247. The van der Waals surface area contributed by atoms with Crippen molar-refractivity contribution in [2.45, 2.75) is 106 Å². The Labute approximate surface area is 198 Å². The van der Waals surface area contributed by atoms with E-state index in [1.807, 2.05) is 0 Å². The van der Waals surface area contributed by atoms with Crippen LogP contribution in [0.3, 0.4) is 0 Å². The number of nitrogens with zero attached hydrogens (tertiary/aromatic N) is 1. The molecule has 8 nitrogen and oxygen atoms in total. The van der Waals surface area contributed by atoms with E-state index in [4.69, 9.17) is 23.7 Å². The molecular weight excluding hydrogens is 443 g/mol. The zero-order chi connectivity index (χ0) is 23.2. The number of nitrogens with one attached hydrogen (secondary N) is 1. The van der Waals surface area contributed by atoms with Crippen LogP contribution in [0, 0.1) is 5.82 Å². The van der Waals surface area contributed by atoms with Gasteiger partial charge in [-0.2, -0.15) is 5.10 Å². The molecule has 3 aliphatic heterocycles. The van der Waals surface area contributed by atoms with Gasteiger partial charge in [0.2, 0.25) is 0 Å². The molecule has 0 radical (unpaired) electrons. The third-order valence-electron chi connectivity index (χ3n) is 7.65. The van der Waals surface area contributed by atoms with Crippen molar-refractivity contribution < 1.29 is 32.9 Å². The summed E-state index contributed by atoms with van der Waals surface area (Å²) in [5.74, 6) is -2.30. The molecule has 9 heteroatoms. The molecular formula is C25H31FN2O6. The fraction of sp³-hybridized carbons (Fsp3) is 0.680. The van der Waals surface area contributed by atoms with E-state index in [1.54, 1.807) is 18.2 Å². The summed E-state index contributed by atoms with van der Waals surface area (Å²) in [7, 11) is 0. The predicted octanol–water partition coefficient (Wildman–Crippen LogP) is 3.52. The van der Waals surface area contributed by atoms with Gasteiger partial charge in [0.05, 0.1) is 6.21 Å².